The molecule has 1 aliphatic heterocycles. The molecule has 2 fully saturated rings. The summed E-state index contributed by atoms with van der Waals surface area (Å²) in [7, 11) is 0. The van der Waals surface area contributed by atoms with Crippen LogP contribution >= 0.6 is 0 Å². The molecule has 0 aromatic rings. The fourth-order valence-electron chi connectivity index (χ4n) is 3.35. The van der Waals surface area contributed by atoms with Crippen LogP contribution in [0.3, 0.4) is 0 Å². The number of hydrogen-bond donors (Lipinski definition) is 2. The number of carboxylic acid groups (broad SMARTS) is 1. The quantitative estimate of drug-likeness (QED) is 0.835. The Labute approximate surface area is 126 Å². The van der Waals surface area contributed by atoms with E-state index < -0.39 is 11.4 Å². The van der Waals surface area contributed by atoms with Crippen molar-refractivity contribution < 1.29 is 19.4 Å². The van der Waals surface area contributed by atoms with Crippen molar-refractivity contribution in [1.29, 1.82) is 0 Å². The van der Waals surface area contributed by atoms with Crippen LogP contribution in [0, 0.1) is 11.3 Å². The number of ether oxygens (including phenoxy) is 1. The third kappa shape index (κ3) is 4.43. The van der Waals surface area contributed by atoms with Gasteiger partial charge in [-0.15, -0.1) is 0 Å². The molecule has 0 bridgehead atoms. The molecule has 1 heterocycles. The monoisotopic (exact) mass is 297 g/mol. The maximum Gasteiger partial charge on any atom is 0.311 e. The Morgan fingerprint density at radius 1 is 1.05 bits per heavy atom. The highest BCUT2D eigenvalue weighted by Gasteiger charge is 2.40. The van der Waals surface area contributed by atoms with Crippen LogP contribution < -0.4 is 5.32 Å². The molecule has 21 heavy (non-hydrogen) atoms. The van der Waals surface area contributed by atoms with Gasteiger partial charge in [0.15, 0.2) is 0 Å². The molecule has 1 amide bonds. The smallest absolute Gasteiger partial charge is 0.311 e. The van der Waals surface area contributed by atoms with Gasteiger partial charge in [-0.3, -0.25) is 9.59 Å². The normalized spacial score (nSPS) is 23.8. The highest BCUT2D eigenvalue weighted by molar-refractivity contribution is 5.80. The maximum atomic E-state index is 12.3. The van der Waals surface area contributed by atoms with Crippen molar-refractivity contribution in [3.05, 3.63) is 0 Å². The van der Waals surface area contributed by atoms with Crippen LogP contribution in [0.1, 0.15) is 57.8 Å². The van der Waals surface area contributed by atoms with Crippen molar-refractivity contribution in [2.45, 2.75) is 57.8 Å². The molecule has 1 saturated heterocycles. The second-order valence-corrected chi connectivity index (χ2v) is 6.46. The number of aliphatic carboxylic acids is 1. The molecule has 5 heteroatoms. The van der Waals surface area contributed by atoms with E-state index in [1.807, 2.05) is 0 Å². The largest absolute Gasteiger partial charge is 0.481 e. The van der Waals surface area contributed by atoms with E-state index in [9.17, 15) is 14.7 Å². The third-order valence-corrected chi connectivity index (χ3v) is 4.98. The maximum absolute atomic E-state index is 12.3. The lowest BCUT2D eigenvalue weighted by Crippen LogP contribution is -2.47. The van der Waals surface area contributed by atoms with Crippen LogP contribution in [0.5, 0.6) is 0 Å². The van der Waals surface area contributed by atoms with E-state index in [4.69, 9.17) is 4.74 Å². The molecule has 2 N–H and O–H groups in total. The molecule has 1 saturated carbocycles. The summed E-state index contributed by atoms with van der Waals surface area (Å²) < 4.78 is 5.25. The molecule has 0 radical (unpaired) electrons. The first-order chi connectivity index (χ1) is 10.1. The van der Waals surface area contributed by atoms with E-state index >= 15 is 0 Å². The Hall–Kier alpha value is -1.10. The molecule has 0 atom stereocenters. The second-order valence-electron chi connectivity index (χ2n) is 6.46. The highest BCUT2D eigenvalue weighted by atomic mass is 16.5. The second kappa shape index (κ2) is 7.78. The predicted octanol–water partition coefficient (Wildman–Crippen LogP) is 2.34. The number of hydrogen-bond acceptors (Lipinski definition) is 3. The first kappa shape index (κ1) is 16.3. The van der Waals surface area contributed by atoms with Crippen LogP contribution in [0.15, 0.2) is 0 Å². The Morgan fingerprint density at radius 2 is 1.62 bits per heavy atom. The van der Waals surface area contributed by atoms with Crippen LogP contribution in [0.2, 0.25) is 0 Å². The SMILES string of the molecule is O=C(NCC1(C(=O)O)CCOCC1)C1CCCCCCC1. The van der Waals surface area contributed by atoms with Gasteiger partial charge >= 0.3 is 5.97 Å². The zero-order chi connectivity index (χ0) is 15.1. The molecule has 120 valence electrons. The van der Waals surface area contributed by atoms with Crippen LogP contribution in [0.4, 0.5) is 0 Å². The zero-order valence-corrected chi connectivity index (χ0v) is 12.7. The third-order valence-electron chi connectivity index (χ3n) is 4.98. The fourth-order valence-corrected chi connectivity index (χ4v) is 3.35. The summed E-state index contributed by atoms with van der Waals surface area (Å²) in [6, 6.07) is 0. The van der Waals surface area contributed by atoms with E-state index in [-0.39, 0.29) is 18.4 Å². The number of carbonyl (C=O) groups is 2. The molecule has 0 spiro atoms. The summed E-state index contributed by atoms with van der Waals surface area (Å²) >= 11 is 0. The Kier molecular flexibility index (Phi) is 6.03. The number of carboxylic acids is 1. The summed E-state index contributed by atoms with van der Waals surface area (Å²) in [6.45, 7) is 1.16. The Balaban J connectivity index is 1.87. The number of carbonyl (C=O) groups excluding carboxylic acids is 1. The summed E-state index contributed by atoms with van der Waals surface area (Å²) in [5.41, 5.74) is -0.838. The number of nitrogens with one attached hydrogen (secondary N) is 1. The van der Waals surface area contributed by atoms with Gasteiger partial charge < -0.3 is 15.2 Å². The van der Waals surface area contributed by atoms with E-state index in [0.717, 1.165) is 25.7 Å². The minimum absolute atomic E-state index is 0.0454. The van der Waals surface area contributed by atoms with Gasteiger partial charge in [-0.1, -0.05) is 32.1 Å². The van der Waals surface area contributed by atoms with Crippen molar-refractivity contribution in [1.82, 2.24) is 5.32 Å². The fraction of sp³-hybridized carbons (Fsp3) is 0.875. The first-order valence-electron chi connectivity index (χ1n) is 8.23. The number of rotatable bonds is 4. The highest BCUT2D eigenvalue weighted by Crippen LogP contribution is 2.30. The van der Waals surface area contributed by atoms with Gasteiger partial charge in [0.2, 0.25) is 5.91 Å². The zero-order valence-electron chi connectivity index (χ0n) is 12.7. The minimum Gasteiger partial charge on any atom is -0.481 e. The molecule has 0 aromatic carbocycles. The molecule has 2 rings (SSSR count). The summed E-state index contributed by atoms with van der Waals surface area (Å²) in [6.07, 6.45) is 8.74. The van der Waals surface area contributed by atoms with Crippen LogP contribution in [0.25, 0.3) is 0 Å². The molecule has 2 aliphatic rings. The van der Waals surface area contributed by atoms with Crippen molar-refractivity contribution in [2.24, 2.45) is 11.3 Å². The Morgan fingerprint density at radius 3 is 2.19 bits per heavy atom. The number of amides is 1. The molecular formula is C16H27NO4. The van der Waals surface area contributed by atoms with Crippen LogP contribution in [-0.2, 0) is 14.3 Å². The van der Waals surface area contributed by atoms with Crippen molar-refractivity contribution in [3.63, 3.8) is 0 Å². The van der Waals surface area contributed by atoms with E-state index in [1.54, 1.807) is 0 Å². The first-order valence-corrected chi connectivity index (χ1v) is 8.23. The van der Waals surface area contributed by atoms with Crippen molar-refractivity contribution >= 4 is 11.9 Å². The molecule has 5 nitrogen and oxygen atoms in total. The molecular weight excluding hydrogens is 270 g/mol. The van der Waals surface area contributed by atoms with Gasteiger partial charge in [-0.25, -0.2) is 0 Å². The summed E-state index contributed by atoms with van der Waals surface area (Å²) in [5, 5.41) is 12.4. The molecule has 1 aliphatic carbocycles. The van der Waals surface area contributed by atoms with E-state index in [1.165, 1.54) is 19.3 Å². The summed E-state index contributed by atoms with van der Waals surface area (Å²) in [5.74, 6) is -0.705. The van der Waals surface area contributed by atoms with E-state index in [2.05, 4.69) is 5.32 Å². The standard InChI is InChI=1S/C16H27NO4/c18-14(13-6-4-2-1-3-5-7-13)17-12-16(15(19)20)8-10-21-11-9-16/h13H,1-12H2,(H,17,18)(H,19,20). The Bertz CT molecular complexity index is 355. The van der Waals surface area contributed by atoms with Gasteiger partial charge in [-0.2, -0.15) is 0 Å². The van der Waals surface area contributed by atoms with Gasteiger partial charge in [-0.05, 0) is 25.7 Å². The predicted molar refractivity (Wildman–Crippen MR) is 78.9 cm³/mol. The van der Waals surface area contributed by atoms with Gasteiger partial charge in [0.25, 0.3) is 0 Å². The van der Waals surface area contributed by atoms with Gasteiger partial charge in [0.05, 0.1) is 5.41 Å². The minimum atomic E-state index is -0.838. The van der Waals surface area contributed by atoms with Gasteiger partial charge in [0.1, 0.15) is 0 Å². The van der Waals surface area contributed by atoms with E-state index in [0.29, 0.717) is 26.1 Å². The molecule has 0 unspecified atom stereocenters. The lowest BCUT2D eigenvalue weighted by atomic mass is 9.80. The lowest BCUT2D eigenvalue weighted by molar-refractivity contribution is -0.154. The average Bonchev–Trinajstić information content (AvgIpc) is 2.45. The van der Waals surface area contributed by atoms with Gasteiger partial charge in [0, 0.05) is 25.7 Å². The summed E-state index contributed by atoms with van der Waals surface area (Å²) in [4.78, 5) is 23.9. The topological polar surface area (TPSA) is 75.6 Å². The van der Waals surface area contributed by atoms with Crippen LogP contribution in [-0.4, -0.2) is 36.7 Å². The molecule has 0 aromatic heterocycles. The van der Waals surface area contributed by atoms with Crippen molar-refractivity contribution in [2.75, 3.05) is 19.8 Å². The van der Waals surface area contributed by atoms with Crippen molar-refractivity contribution in [3.8, 4) is 0 Å². The average molecular weight is 297 g/mol. The lowest BCUT2D eigenvalue weighted by Gasteiger charge is -2.33.